The van der Waals surface area contributed by atoms with Crippen molar-refractivity contribution in [3.8, 4) is 0 Å². The molecule has 2 rings (SSSR count). The van der Waals surface area contributed by atoms with Crippen molar-refractivity contribution >= 4 is 0 Å². The van der Waals surface area contributed by atoms with Gasteiger partial charge in [0.1, 0.15) is 5.82 Å². The van der Waals surface area contributed by atoms with E-state index < -0.39 is 0 Å². The third-order valence-corrected chi connectivity index (χ3v) is 4.73. The molecular formula is C17H31N3. The summed E-state index contributed by atoms with van der Waals surface area (Å²) in [7, 11) is 2.11. The van der Waals surface area contributed by atoms with Crippen LogP contribution in [-0.2, 0) is 13.5 Å². The lowest BCUT2D eigenvalue weighted by molar-refractivity contribution is 0.179. The predicted octanol–water partition coefficient (Wildman–Crippen LogP) is 3.26. The standard InChI is InChI=1S/C17H31N3/c1-13(2)11-18-12-15-6-5-14(3)9-16(15)10-17-19-7-8-20(17)4/h7-8,13-16,18H,5-6,9-12H2,1-4H3. The van der Waals surface area contributed by atoms with Crippen LogP contribution in [0.2, 0.25) is 0 Å². The maximum absolute atomic E-state index is 4.52. The number of hydrogen-bond acceptors (Lipinski definition) is 2. The molecule has 114 valence electrons. The zero-order chi connectivity index (χ0) is 14.5. The van der Waals surface area contributed by atoms with E-state index in [1.165, 1.54) is 31.6 Å². The van der Waals surface area contributed by atoms with E-state index in [1.54, 1.807) is 0 Å². The topological polar surface area (TPSA) is 29.9 Å². The third kappa shape index (κ3) is 4.34. The van der Waals surface area contributed by atoms with Crippen LogP contribution in [0.1, 0.15) is 45.9 Å². The van der Waals surface area contributed by atoms with Gasteiger partial charge in [-0.2, -0.15) is 0 Å². The van der Waals surface area contributed by atoms with E-state index in [-0.39, 0.29) is 0 Å². The Morgan fingerprint density at radius 1 is 1.35 bits per heavy atom. The SMILES string of the molecule is CC(C)CNCC1CCC(C)CC1Cc1nccn1C. The summed E-state index contributed by atoms with van der Waals surface area (Å²) in [4.78, 5) is 4.52. The van der Waals surface area contributed by atoms with Crippen LogP contribution >= 0.6 is 0 Å². The minimum atomic E-state index is 0.741. The van der Waals surface area contributed by atoms with Crippen LogP contribution in [0.5, 0.6) is 0 Å². The van der Waals surface area contributed by atoms with Crippen LogP contribution in [0.25, 0.3) is 0 Å². The van der Waals surface area contributed by atoms with E-state index in [0.29, 0.717) is 0 Å². The summed E-state index contributed by atoms with van der Waals surface area (Å²) in [5.74, 6) is 4.48. The van der Waals surface area contributed by atoms with Gasteiger partial charge in [0.15, 0.2) is 0 Å². The van der Waals surface area contributed by atoms with Crippen molar-refractivity contribution in [1.29, 1.82) is 0 Å². The molecule has 1 heterocycles. The van der Waals surface area contributed by atoms with Crippen molar-refractivity contribution in [2.24, 2.45) is 30.7 Å². The molecule has 3 heteroatoms. The predicted molar refractivity (Wildman–Crippen MR) is 84.6 cm³/mol. The first-order valence-corrected chi connectivity index (χ1v) is 8.23. The van der Waals surface area contributed by atoms with E-state index >= 15 is 0 Å². The smallest absolute Gasteiger partial charge is 0.108 e. The number of nitrogens with zero attached hydrogens (tertiary/aromatic N) is 2. The second-order valence-electron chi connectivity index (χ2n) is 7.15. The highest BCUT2D eigenvalue weighted by Crippen LogP contribution is 2.35. The molecule has 0 aromatic carbocycles. The van der Waals surface area contributed by atoms with Crippen molar-refractivity contribution in [2.45, 2.75) is 46.5 Å². The van der Waals surface area contributed by atoms with E-state index in [2.05, 4.69) is 48.9 Å². The second-order valence-corrected chi connectivity index (χ2v) is 7.15. The Morgan fingerprint density at radius 2 is 2.15 bits per heavy atom. The fraction of sp³-hybridized carbons (Fsp3) is 0.824. The molecule has 1 fully saturated rings. The molecule has 3 nitrogen and oxygen atoms in total. The van der Waals surface area contributed by atoms with Gasteiger partial charge in [-0.25, -0.2) is 4.98 Å². The molecule has 0 saturated heterocycles. The first-order valence-electron chi connectivity index (χ1n) is 8.23. The zero-order valence-corrected chi connectivity index (χ0v) is 13.6. The molecule has 3 unspecified atom stereocenters. The largest absolute Gasteiger partial charge is 0.338 e. The van der Waals surface area contributed by atoms with Crippen molar-refractivity contribution in [2.75, 3.05) is 13.1 Å². The van der Waals surface area contributed by atoms with Crippen molar-refractivity contribution in [3.05, 3.63) is 18.2 Å². The molecule has 1 aromatic heterocycles. The molecule has 3 atom stereocenters. The maximum Gasteiger partial charge on any atom is 0.108 e. The first kappa shape index (κ1) is 15.6. The molecule has 1 saturated carbocycles. The van der Waals surface area contributed by atoms with Crippen LogP contribution in [0.4, 0.5) is 0 Å². The number of rotatable bonds is 6. The summed E-state index contributed by atoms with van der Waals surface area (Å²) in [5.41, 5.74) is 0. The summed E-state index contributed by atoms with van der Waals surface area (Å²) in [5, 5.41) is 3.67. The molecule has 1 N–H and O–H groups in total. The van der Waals surface area contributed by atoms with E-state index in [4.69, 9.17) is 0 Å². The van der Waals surface area contributed by atoms with Gasteiger partial charge in [0.25, 0.3) is 0 Å². The fourth-order valence-corrected chi connectivity index (χ4v) is 3.47. The van der Waals surface area contributed by atoms with Crippen LogP contribution < -0.4 is 5.32 Å². The lowest BCUT2D eigenvalue weighted by Crippen LogP contribution is -2.35. The van der Waals surface area contributed by atoms with Crippen LogP contribution in [0, 0.1) is 23.7 Å². The van der Waals surface area contributed by atoms with E-state index in [9.17, 15) is 0 Å². The highest BCUT2D eigenvalue weighted by molar-refractivity contribution is 4.95. The molecule has 0 radical (unpaired) electrons. The van der Waals surface area contributed by atoms with Crippen molar-refractivity contribution in [3.63, 3.8) is 0 Å². The average Bonchev–Trinajstić information content (AvgIpc) is 2.77. The number of nitrogens with one attached hydrogen (secondary N) is 1. The van der Waals surface area contributed by atoms with E-state index in [1.807, 2.05) is 6.20 Å². The van der Waals surface area contributed by atoms with Gasteiger partial charge in [-0.1, -0.05) is 27.2 Å². The highest BCUT2D eigenvalue weighted by atomic mass is 15.0. The van der Waals surface area contributed by atoms with Gasteiger partial charge >= 0.3 is 0 Å². The Hall–Kier alpha value is -0.830. The number of aromatic nitrogens is 2. The Morgan fingerprint density at radius 3 is 2.80 bits per heavy atom. The summed E-state index contributed by atoms with van der Waals surface area (Å²) in [6.07, 6.45) is 9.26. The number of imidazole rings is 1. The Bertz CT molecular complexity index is 397. The summed E-state index contributed by atoms with van der Waals surface area (Å²) in [6, 6.07) is 0. The lowest BCUT2D eigenvalue weighted by Gasteiger charge is -2.35. The quantitative estimate of drug-likeness (QED) is 0.865. The molecule has 0 spiro atoms. The minimum Gasteiger partial charge on any atom is -0.338 e. The maximum atomic E-state index is 4.52. The van der Waals surface area contributed by atoms with Crippen molar-refractivity contribution in [1.82, 2.24) is 14.9 Å². The fourth-order valence-electron chi connectivity index (χ4n) is 3.47. The van der Waals surface area contributed by atoms with Gasteiger partial charge in [0.2, 0.25) is 0 Å². The van der Waals surface area contributed by atoms with Gasteiger partial charge < -0.3 is 9.88 Å². The minimum absolute atomic E-state index is 0.741. The average molecular weight is 277 g/mol. The van der Waals surface area contributed by atoms with Gasteiger partial charge in [-0.15, -0.1) is 0 Å². The molecule has 1 aliphatic carbocycles. The number of hydrogen-bond donors (Lipinski definition) is 1. The normalized spacial score (nSPS) is 27.1. The lowest BCUT2D eigenvalue weighted by atomic mass is 9.73. The monoisotopic (exact) mass is 277 g/mol. The van der Waals surface area contributed by atoms with Gasteiger partial charge in [0, 0.05) is 25.9 Å². The molecule has 1 aromatic rings. The highest BCUT2D eigenvalue weighted by Gasteiger charge is 2.29. The van der Waals surface area contributed by atoms with E-state index in [0.717, 1.165) is 36.6 Å². The van der Waals surface area contributed by atoms with Gasteiger partial charge in [-0.3, -0.25) is 0 Å². The second kappa shape index (κ2) is 7.26. The Balaban J connectivity index is 1.92. The van der Waals surface area contributed by atoms with Gasteiger partial charge in [0.05, 0.1) is 0 Å². The van der Waals surface area contributed by atoms with Crippen molar-refractivity contribution < 1.29 is 0 Å². The molecule has 0 amide bonds. The first-order chi connectivity index (χ1) is 9.56. The molecule has 20 heavy (non-hydrogen) atoms. The molecule has 0 aliphatic heterocycles. The molecule has 1 aliphatic rings. The van der Waals surface area contributed by atoms with Crippen LogP contribution in [-0.4, -0.2) is 22.6 Å². The summed E-state index contributed by atoms with van der Waals surface area (Å²) in [6.45, 7) is 9.28. The number of aryl methyl sites for hydroxylation is 1. The van der Waals surface area contributed by atoms with Gasteiger partial charge in [-0.05, 0) is 49.6 Å². The Labute approximate surface area is 124 Å². The molecular weight excluding hydrogens is 246 g/mol. The van der Waals surface area contributed by atoms with Crippen LogP contribution in [0.3, 0.4) is 0 Å². The summed E-state index contributed by atoms with van der Waals surface area (Å²) < 4.78 is 2.18. The zero-order valence-electron chi connectivity index (χ0n) is 13.6. The third-order valence-electron chi connectivity index (χ3n) is 4.73. The Kier molecular flexibility index (Phi) is 5.64. The van der Waals surface area contributed by atoms with Crippen LogP contribution in [0.15, 0.2) is 12.4 Å². The summed E-state index contributed by atoms with van der Waals surface area (Å²) >= 11 is 0. The molecule has 0 bridgehead atoms.